The fourth-order valence-corrected chi connectivity index (χ4v) is 2.02. The van der Waals surface area contributed by atoms with Gasteiger partial charge in [0.1, 0.15) is 23.4 Å². The largest absolute Gasteiger partial charge is 0.508 e. The van der Waals surface area contributed by atoms with Crippen LogP contribution in [0.15, 0.2) is 48.5 Å². The van der Waals surface area contributed by atoms with Crippen LogP contribution < -0.4 is 9.47 Å². The quantitative estimate of drug-likeness (QED) is 0.731. The van der Waals surface area contributed by atoms with E-state index >= 15 is 0 Å². The van der Waals surface area contributed by atoms with Gasteiger partial charge in [-0.1, -0.05) is 12.1 Å². The first-order chi connectivity index (χ1) is 10.6. The molecule has 3 N–H and O–H groups in total. The first kappa shape index (κ1) is 16.1. The molecule has 0 spiro atoms. The van der Waals surface area contributed by atoms with Crippen LogP contribution in [0.25, 0.3) is 0 Å². The van der Waals surface area contributed by atoms with Crippen LogP contribution in [0.4, 0.5) is 0 Å². The third kappa shape index (κ3) is 4.38. The Hall–Kier alpha value is -2.24. The molecule has 0 aliphatic rings. The van der Waals surface area contributed by atoms with Gasteiger partial charge in [-0.05, 0) is 42.0 Å². The van der Waals surface area contributed by atoms with Crippen LogP contribution >= 0.6 is 0 Å². The molecule has 0 bridgehead atoms. The fourth-order valence-electron chi connectivity index (χ4n) is 2.02. The van der Waals surface area contributed by atoms with Crippen LogP contribution in [0.1, 0.15) is 18.1 Å². The van der Waals surface area contributed by atoms with Gasteiger partial charge in [-0.3, -0.25) is 0 Å². The van der Waals surface area contributed by atoms with Gasteiger partial charge in [0.2, 0.25) is 0 Å². The molecule has 118 valence electrons. The van der Waals surface area contributed by atoms with Crippen molar-refractivity contribution in [1.82, 2.24) is 0 Å². The van der Waals surface area contributed by atoms with E-state index < -0.39 is 12.2 Å². The third-order valence-corrected chi connectivity index (χ3v) is 3.34. The molecule has 0 aliphatic carbocycles. The van der Waals surface area contributed by atoms with Crippen molar-refractivity contribution in [3.05, 3.63) is 54.1 Å². The lowest BCUT2D eigenvalue weighted by Crippen LogP contribution is -2.21. The minimum atomic E-state index is -0.977. The molecule has 0 aromatic heterocycles. The van der Waals surface area contributed by atoms with Gasteiger partial charge in [0.25, 0.3) is 0 Å². The second-order valence-corrected chi connectivity index (χ2v) is 4.92. The van der Waals surface area contributed by atoms with Crippen molar-refractivity contribution < 1.29 is 24.8 Å². The van der Waals surface area contributed by atoms with Crippen molar-refractivity contribution in [2.75, 3.05) is 13.7 Å². The zero-order chi connectivity index (χ0) is 15.9. The van der Waals surface area contributed by atoms with E-state index in [9.17, 15) is 10.2 Å². The van der Waals surface area contributed by atoms with Gasteiger partial charge in [-0.25, -0.2) is 0 Å². The summed E-state index contributed by atoms with van der Waals surface area (Å²) in [6, 6.07) is 13.2. The molecule has 0 amide bonds. The van der Waals surface area contributed by atoms with E-state index in [1.165, 1.54) is 12.1 Å². The number of methoxy groups -OCH3 is 1. The highest BCUT2D eigenvalue weighted by atomic mass is 16.5. The van der Waals surface area contributed by atoms with Crippen molar-refractivity contribution in [2.45, 2.75) is 18.6 Å². The average Bonchev–Trinajstić information content (AvgIpc) is 2.56. The summed E-state index contributed by atoms with van der Waals surface area (Å²) in [7, 11) is 1.57. The van der Waals surface area contributed by atoms with Gasteiger partial charge in [-0.2, -0.15) is 0 Å². The average molecular weight is 304 g/mol. The fraction of sp³-hybridized carbons (Fsp3) is 0.294. The van der Waals surface area contributed by atoms with Crippen molar-refractivity contribution in [1.29, 1.82) is 0 Å². The van der Waals surface area contributed by atoms with Gasteiger partial charge in [-0.15, -0.1) is 0 Å². The summed E-state index contributed by atoms with van der Waals surface area (Å²) in [5, 5.41) is 29.3. The second-order valence-electron chi connectivity index (χ2n) is 4.92. The molecule has 0 aliphatic heterocycles. The van der Waals surface area contributed by atoms with E-state index in [0.717, 1.165) is 0 Å². The van der Waals surface area contributed by atoms with E-state index in [4.69, 9.17) is 14.6 Å². The molecule has 0 radical (unpaired) electrons. The summed E-state index contributed by atoms with van der Waals surface area (Å²) < 4.78 is 10.5. The van der Waals surface area contributed by atoms with Crippen LogP contribution in [0, 0.1) is 0 Å². The molecule has 22 heavy (non-hydrogen) atoms. The lowest BCUT2D eigenvalue weighted by atomic mass is 10.0. The Labute approximate surface area is 129 Å². The molecule has 0 fully saturated rings. The summed E-state index contributed by atoms with van der Waals surface area (Å²) in [6.07, 6.45) is -1.62. The number of hydrogen-bond acceptors (Lipinski definition) is 5. The van der Waals surface area contributed by atoms with E-state index in [0.29, 0.717) is 17.1 Å². The lowest BCUT2D eigenvalue weighted by molar-refractivity contribution is 0.00611. The zero-order valence-electron chi connectivity index (χ0n) is 12.3. The molecule has 5 nitrogen and oxygen atoms in total. The smallest absolute Gasteiger partial charge is 0.119 e. The molecule has 2 rings (SSSR count). The Kier molecular flexibility index (Phi) is 5.63. The Morgan fingerprint density at radius 2 is 1.50 bits per heavy atom. The number of hydrogen-bond donors (Lipinski definition) is 3. The van der Waals surface area contributed by atoms with Gasteiger partial charge in [0, 0.05) is 6.42 Å². The van der Waals surface area contributed by atoms with Crippen LogP contribution in [-0.4, -0.2) is 35.1 Å². The van der Waals surface area contributed by atoms with E-state index in [-0.39, 0.29) is 18.8 Å². The number of aliphatic hydroxyl groups is 2. The van der Waals surface area contributed by atoms with E-state index in [2.05, 4.69) is 0 Å². The summed E-state index contributed by atoms with van der Waals surface area (Å²) in [4.78, 5) is 0. The summed E-state index contributed by atoms with van der Waals surface area (Å²) in [5.41, 5.74) is 0.623. The van der Waals surface area contributed by atoms with Crippen molar-refractivity contribution in [3.8, 4) is 17.2 Å². The number of benzene rings is 2. The Morgan fingerprint density at radius 1 is 0.909 bits per heavy atom. The zero-order valence-corrected chi connectivity index (χ0v) is 12.3. The Balaban J connectivity index is 1.82. The standard InChI is InChI=1S/C17H20O5/c1-21-14-6-2-12(3-7-14)17(20)16(19)10-11-22-15-8-4-13(18)5-9-15/h2-9,16-20H,10-11H2,1H3/t16-,17-/m1/s1. The molecule has 0 saturated heterocycles. The second kappa shape index (κ2) is 7.68. The van der Waals surface area contributed by atoms with Crippen molar-refractivity contribution >= 4 is 0 Å². The normalized spacial score (nSPS) is 13.4. The summed E-state index contributed by atoms with van der Waals surface area (Å²) in [5.74, 6) is 1.47. The Bertz CT molecular complexity index is 565. The van der Waals surface area contributed by atoms with Crippen molar-refractivity contribution in [3.63, 3.8) is 0 Å². The van der Waals surface area contributed by atoms with Crippen LogP contribution in [0.5, 0.6) is 17.2 Å². The maximum Gasteiger partial charge on any atom is 0.119 e. The van der Waals surface area contributed by atoms with Crippen LogP contribution in [-0.2, 0) is 0 Å². The first-order valence-corrected chi connectivity index (χ1v) is 7.02. The number of phenols is 1. The first-order valence-electron chi connectivity index (χ1n) is 7.02. The monoisotopic (exact) mass is 304 g/mol. The predicted octanol–water partition coefficient (Wildman–Crippen LogP) is 2.26. The van der Waals surface area contributed by atoms with E-state index in [1.807, 2.05) is 0 Å². The minimum absolute atomic E-state index is 0.169. The maximum absolute atomic E-state index is 10.1. The molecular formula is C17H20O5. The maximum atomic E-state index is 10.1. The molecule has 2 aromatic rings. The highest BCUT2D eigenvalue weighted by molar-refractivity contribution is 5.30. The summed E-state index contributed by atoms with van der Waals surface area (Å²) in [6.45, 7) is 0.263. The lowest BCUT2D eigenvalue weighted by Gasteiger charge is -2.18. The molecule has 5 heteroatoms. The minimum Gasteiger partial charge on any atom is -0.508 e. The Morgan fingerprint density at radius 3 is 2.09 bits per heavy atom. The molecule has 2 atom stereocenters. The topological polar surface area (TPSA) is 79.2 Å². The highest BCUT2D eigenvalue weighted by Crippen LogP contribution is 2.22. The molecule has 0 heterocycles. The number of aliphatic hydroxyl groups excluding tert-OH is 2. The molecular weight excluding hydrogens is 284 g/mol. The van der Waals surface area contributed by atoms with Gasteiger partial charge < -0.3 is 24.8 Å². The molecule has 0 unspecified atom stereocenters. The van der Waals surface area contributed by atoms with Gasteiger partial charge >= 0.3 is 0 Å². The molecule has 2 aromatic carbocycles. The third-order valence-electron chi connectivity index (χ3n) is 3.34. The highest BCUT2D eigenvalue weighted by Gasteiger charge is 2.18. The predicted molar refractivity (Wildman–Crippen MR) is 82.2 cm³/mol. The van der Waals surface area contributed by atoms with Crippen LogP contribution in [0.3, 0.4) is 0 Å². The van der Waals surface area contributed by atoms with Crippen LogP contribution in [0.2, 0.25) is 0 Å². The van der Waals surface area contributed by atoms with E-state index in [1.54, 1.807) is 43.5 Å². The summed E-state index contributed by atoms with van der Waals surface area (Å²) >= 11 is 0. The van der Waals surface area contributed by atoms with Crippen molar-refractivity contribution in [2.24, 2.45) is 0 Å². The van der Waals surface area contributed by atoms with Gasteiger partial charge in [0.05, 0.1) is 19.8 Å². The van der Waals surface area contributed by atoms with Gasteiger partial charge in [0.15, 0.2) is 0 Å². The number of ether oxygens (including phenoxy) is 2. The number of phenolic OH excluding ortho intramolecular Hbond substituents is 1. The number of aromatic hydroxyl groups is 1. The molecule has 0 saturated carbocycles. The number of rotatable bonds is 7. The SMILES string of the molecule is COc1ccc([C@@H](O)[C@H](O)CCOc2ccc(O)cc2)cc1.